The largest absolute Gasteiger partial charge is 0.353 e. The van der Waals surface area contributed by atoms with Gasteiger partial charge < -0.3 is 10.2 Å². The molecule has 2 amide bonds. The molecule has 0 aromatic carbocycles. The number of hydrogen-bond donors (Lipinski definition) is 1. The Balaban J connectivity index is 1.30. The predicted octanol–water partition coefficient (Wildman–Crippen LogP) is 4.30. The Morgan fingerprint density at radius 1 is 1.03 bits per heavy atom. The molecule has 3 aromatic heterocycles. The molecule has 0 radical (unpaired) electrons. The highest BCUT2D eigenvalue weighted by Gasteiger charge is 2.34. The molecule has 6 rings (SSSR count). The first-order chi connectivity index (χ1) is 17.6. The summed E-state index contributed by atoms with van der Waals surface area (Å²) < 4.78 is 1.75. The number of rotatable bonds is 5. The zero-order valence-electron chi connectivity index (χ0n) is 20.9. The van der Waals surface area contributed by atoms with Gasteiger partial charge in [-0.25, -0.2) is 9.97 Å². The fourth-order valence-corrected chi connectivity index (χ4v) is 5.82. The number of carbonyl (C=O) groups is 2. The van der Waals surface area contributed by atoms with Gasteiger partial charge in [0.25, 0.3) is 5.91 Å². The summed E-state index contributed by atoms with van der Waals surface area (Å²) in [4.78, 5) is 38.3. The van der Waals surface area contributed by atoms with E-state index >= 15 is 0 Å². The lowest BCUT2D eigenvalue weighted by Crippen LogP contribution is -2.48. The number of aryl methyl sites for hydroxylation is 1. The highest BCUT2D eigenvalue weighted by Crippen LogP contribution is 2.41. The van der Waals surface area contributed by atoms with Crippen LogP contribution in [0.4, 0.5) is 0 Å². The van der Waals surface area contributed by atoms with E-state index in [0.29, 0.717) is 42.1 Å². The van der Waals surface area contributed by atoms with Crippen LogP contribution in [0.5, 0.6) is 0 Å². The minimum atomic E-state index is -0.151. The van der Waals surface area contributed by atoms with Gasteiger partial charge in [-0.2, -0.15) is 9.78 Å². The zero-order chi connectivity index (χ0) is 24.6. The van der Waals surface area contributed by atoms with Crippen molar-refractivity contribution in [3.05, 3.63) is 47.4 Å². The summed E-state index contributed by atoms with van der Waals surface area (Å²) in [7, 11) is 0. The Morgan fingerprint density at radius 2 is 1.86 bits per heavy atom. The molecule has 2 aliphatic carbocycles. The van der Waals surface area contributed by atoms with E-state index in [1.807, 2.05) is 36.1 Å². The smallest absolute Gasteiger partial charge is 0.254 e. The highest BCUT2D eigenvalue weighted by atomic mass is 16.2. The molecule has 0 spiro atoms. The number of likely N-dealkylation sites (tertiary alicyclic amines) is 1. The second kappa shape index (κ2) is 9.64. The lowest BCUT2D eigenvalue weighted by Gasteiger charge is -2.33. The van der Waals surface area contributed by atoms with Gasteiger partial charge in [-0.1, -0.05) is 25.3 Å². The van der Waals surface area contributed by atoms with Gasteiger partial charge in [-0.05, 0) is 63.6 Å². The van der Waals surface area contributed by atoms with Crippen LogP contribution in [0.3, 0.4) is 0 Å². The number of piperidine rings is 1. The monoisotopic (exact) mass is 486 g/mol. The molecule has 2 saturated carbocycles. The van der Waals surface area contributed by atoms with E-state index in [4.69, 9.17) is 10.1 Å². The van der Waals surface area contributed by atoms with Crippen LogP contribution in [-0.2, 0) is 4.79 Å². The number of pyridine rings is 2. The van der Waals surface area contributed by atoms with Gasteiger partial charge in [-0.3, -0.25) is 9.59 Å². The first kappa shape index (κ1) is 23.1. The maximum Gasteiger partial charge on any atom is 0.254 e. The van der Waals surface area contributed by atoms with Crippen molar-refractivity contribution in [1.82, 2.24) is 30.0 Å². The van der Waals surface area contributed by atoms with Gasteiger partial charge >= 0.3 is 0 Å². The Bertz CT molecular complexity index is 1280. The van der Waals surface area contributed by atoms with E-state index in [9.17, 15) is 9.59 Å². The van der Waals surface area contributed by atoms with Gasteiger partial charge in [-0.15, -0.1) is 0 Å². The number of amides is 2. The standard InChI is InChI=1S/C28H34N6O2/c1-18-25-22(16-23(19-12-13-19)31-26(25)34(32-18)24-11-5-6-14-29-24)28(36)33-15-7-8-20(17-33)27(35)30-21-9-3-2-4-10-21/h5-6,11,14,16,19-21H,2-4,7-10,12-13,15,17H2,1H3,(H,30,35). The molecule has 188 valence electrons. The van der Waals surface area contributed by atoms with Gasteiger partial charge in [0.2, 0.25) is 5.91 Å². The highest BCUT2D eigenvalue weighted by molar-refractivity contribution is 6.07. The molecule has 36 heavy (non-hydrogen) atoms. The van der Waals surface area contributed by atoms with E-state index in [2.05, 4.69) is 10.3 Å². The maximum atomic E-state index is 14.0. The first-order valence-electron chi connectivity index (χ1n) is 13.5. The van der Waals surface area contributed by atoms with Crippen LogP contribution in [0.2, 0.25) is 0 Å². The Hall–Kier alpha value is -3.29. The Labute approximate surface area is 211 Å². The fourth-order valence-electron chi connectivity index (χ4n) is 5.82. The van der Waals surface area contributed by atoms with Crippen molar-refractivity contribution >= 4 is 22.8 Å². The number of carbonyl (C=O) groups excluding carboxylic acids is 2. The summed E-state index contributed by atoms with van der Waals surface area (Å²) in [6.07, 6.45) is 11.4. The lowest BCUT2D eigenvalue weighted by molar-refractivity contribution is -0.127. The van der Waals surface area contributed by atoms with Crippen molar-refractivity contribution in [3.8, 4) is 5.82 Å². The van der Waals surface area contributed by atoms with Crippen LogP contribution in [0.25, 0.3) is 16.9 Å². The topological polar surface area (TPSA) is 93.0 Å². The summed E-state index contributed by atoms with van der Waals surface area (Å²) in [5.74, 6) is 1.01. The number of hydrogen-bond acceptors (Lipinski definition) is 5. The molecule has 8 heteroatoms. The van der Waals surface area contributed by atoms with E-state index in [1.165, 1.54) is 19.3 Å². The van der Waals surface area contributed by atoms with Gasteiger partial charge in [0, 0.05) is 36.9 Å². The molecule has 1 aliphatic heterocycles. The second-order valence-electron chi connectivity index (χ2n) is 10.7. The number of fused-ring (bicyclic) bond motifs is 1. The van der Waals surface area contributed by atoms with Gasteiger partial charge in [0.1, 0.15) is 0 Å². The predicted molar refractivity (Wildman–Crippen MR) is 137 cm³/mol. The normalized spacial score (nSPS) is 21.0. The van der Waals surface area contributed by atoms with Crippen molar-refractivity contribution in [2.75, 3.05) is 13.1 Å². The minimum absolute atomic E-state index is 0.0249. The van der Waals surface area contributed by atoms with Crippen LogP contribution < -0.4 is 5.32 Å². The van der Waals surface area contributed by atoms with E-state index in [1.54, 1.807) is 10.9 Å². The minimum Gasteiger partial charge on any atom is -0.353 e. The summed E-state index contributed by atoms with van der Waals surface area (Å²) in [6, 6.07) is 7.97. The average Bonchev–Trinajstić information content (AvgIpc) is 3.72. The first-order valence-corrected chi connectivity index (χ1v) is 13.5. The lowest BCUT2D eigenvalue weighted by atomic mass is 9.92. The average molecular weight is 487 g/mol. The summed E-state index contributed by atoms with van der Waals surface area (Å²) in [6.45, 7) is 3.06. The molecule has 4 heterocycles. The molecule has 1 N–H and O–H groups in total. The molecular formula is C28H34N6O2. The van der Waals surface area contributed by atoms with E-state index in [0.717, 1.165) is 55.3 Å². The molecule has 1 saturated heterocycles. The number of aromatic nitrogens is 4. The van der Waals surface area contributed by atoms with Crippen LogP contribution in [0.15, 0.2) is 30.5 Å². The van der Waals surface area contributed by atoms with Crippen molar-refractivity contribution in [2.24, 2.45) is 5.92 Å². The third-order valence-electron chi connectivity index (χ3n) is 7.96. The van der Waals surface area contributed by atoms with Crippen LogP contribution >= 0.6 is 0 Å². The van der Waals surface area contributed by atoms with Crippen molar-refractivity contribution in [3.63, 3.8) is 0 Å². The van der Waals surface area contributed by atoms with Crippen molar-refractivity contribution < 1.29 is 9.59 Å². The second-order valence-corrected chi connectivity index (χ2v) is 10.7. The maximum absolute atomic E-state index is 14.0. The number of nitrogens with zero attached hydrogens (tertiary/aromatic N) is 5. The molecular weight excluding hydrogens is 452 g/mol. The van der Waals surface area contributed by atoms with Crippen molar-refractivity contribution in [2.45, 2.75) is 76.7 Å². The molecule has 8 nitrogen and oxygen atoms in total. The van der Waals surface area contributed by atoms with Crippen molar-refractivity contribution in [1.29, 1.82) is 0 Å². The summed E-state index contributed by atoms with van der Waals surface area (Å²) in [5.41, 5.74) is 3.04. The molecule has 0 bridgehead atoms. The Morgan fingerprint density at radius 3 is 2.61 bits per heavy atom. The third kappa shape index (κ3) is 4.49. The molecule has 3 aliphatic rings. The van der Waals surface area contributed by atoms with E-state index in [-0.39, 0.29) is 17.7 Å². The SMILES string of the molecule is Cc1nn(-c2ccccn2)c2nc(C3CC3)cc(C(=O)N3CCCC(C(=O)NC4CCCCC4)C3)c12. The summed E-state index contributed by atoms with van der Waals surface area (Å²) in [5, 5.41) is 8.79. The molecule has 1 unspecified atom stereocenters. The van der Waals surface area contributed by atoms with Crippen LogP contribution in [0, 0.1) is 12.8 Å². The van der Waals surface area contributed by atoms with E-state index < -0.39 is 0 Å². The third-order valence-corrected chi connectivity index (χ3v) is 7.96. The molecule has 1 atom stereocenters. The summed E-state index contributed by atoms with van der Waals surface area (Å²) >= 11 is 0. The molecule has 3 fully saturated rings. The Kier molecular flexibility index (Phi) is 6.19. The van der Waals surface area contributed by atoms with Gasteiger partial charge in [0.15, 0.2) is 11.5 Å². The van der Waals surface area contributed by atoms with Crippen LogP contribution in [-0.4, -0.2) is 55.6 Å². The number of nitrogens with one attached hydrogen (secondary N) is 1. The zero-order valence-corrected chi connectivity index (χ0v) is 20.9. The quantitative estimate of drug-likeness (QED) is 0.580. The van der Waals surface area contributed by atoms with Gasteiger partial charge in [0.05, 0.1) is 22.6 Å². The van der Waals surface area contributed by atoms with Crippen LogP contribution in [0.1, 0.15) is 85.5 Å². The fraction of sp³-hybridized carbons (Fsp3) is 0.536. The molecule has 3 aromatic rings.